The lowest BCUT2D eigenvalue weighted by Crippen LogP contribution is -2.45. The number of nitrogens with zero attached hydrogens (tertiary/aromatic N) is 3. The number of carbonyl (C=O) groups is 1. The molecule has 7 rings (SSSR count). The number of hydrogen-bond acceptors (Lipinski definition) is 6. The Morgan fingerprint density at radius 2 is 1.92 bits per heavy atom. The van der Waals surface area contributed by atoms with Crippen LogP contribution in [-0.2, 0) is 24.4 Å². The molecule has 7 nitrogen and oxygen atoms in total. The van der Waals surface area contributed by atoms with Crippen LogP contribution in [0.15, 0.2) is 30.3 Å². The molecule has 2 N–H and O–H groups in total. The van der Waals surface area contributed by atoms with Crippen LogP contribution < -0.4 is 10.5 Å². The first-order valence-electron chi connectivity index (χ1n) is 14.1. The van der Waals surface area contributed by atoms with Gasteiger partial charge in [-0.3, -0.25) is 4.79 Å². The smallest absolute Gasteiger partial charge is 0.257 e. The van der Waals surface area contributed by atoms with E-state index < -0.39 is 5.82 Å². The van der Waals surface area contributed by atoms with Gasteiger partial charge in [-0.15, -0.1) is 0 Å². The number of pyridine rings is 1. The summed E-state index contributed by atoms with van der Waals surface area (Å²) in [5, 5.41) is 0.734. The van der Waals surface area contributed by atoms with Crippen LogP contribution in [0.3, 0.4) is 0 Å². The summed E-state index contributed by atoms with van der Waals surface area (Å²) in [6.45, 7) is 5.58. The van der Waals surface area contributed by atoms with Crippen molar-refractivity contribution in [3.63, 3.8) is 0 Å². The standard InChI is InChI=1S/C31H35FN4O3/c1-18-3-6-27(19-4-5-20-14-31(39-28(20)11-19)7-9-35(2)10-8-31)36(15-18)30(37)22-12-21-23-16-38-17-24(23)29(33)34-26(21)13-25(22)32/h4-5,11-13,18,27H,3,6-10,14-17H2,1-2H3,(H2,33,34)/t18-,27?/m0/s1. The molecule has 2 atom stereocenters. The summed E-state index contributed by atoms with van der Waals surface area (Å²) in [6.07, 6.45) is 4.83. The second-order valence-electron chi connectivity index (χ2n) is 12.1. The molecule has 1 spiro atoms. The zero-order valence-electron chi connectivity index (χ0n) is 22.6. The van der Waals surface area contributed by atoms with E-state index in [2.05, 4.69) is 42.1 Å². The van der Waals surface area contributed by atoms with E-state index in [-0.39, 0.29) is 23.1 Å². The lowest BCUT2D eigenvalue weighted by Gasteiger charge is -2.39. The van der Waals surface area contributed by atoms with Crippen LogP contribution in [0.4, 0.5) is 10.2 Å². The fraction of sp³-hybridized carbons (Fsp3) is 0.484. The lowest BCUT2D eigenvalue weighted by molar-refractivity contribution is 0.0268. The van der Waals surface area contributed by atoms with Crippen molar-refractivity contribution < 1.29 is 18.7 Å². The summed E-state index contributed by atoms with van der Waals surface area (Å²) in [7, 11) is 2.16. The Kier molecular flexibility index (Phi) is 5.83. The number of ether oxygens (including phenoxy) is 2. The first kappa shape index (κ1) is 24.8. The minimum Gasteiger partial charge on any atom is -0.487 e. The van der Waals surface area contributed by atoms with Crippen LogP contribution in [-0.4, -0.2) is 53.0 Å². The van der Waals surface area contributed by atoms with Crippen molar-refractivity contribution >= 4 is 22.6 Å². The summed E-state index contributed by atoms with van der Waals surface area (Å²) < 4.78 is 27.7. The van der Waals surface area contributed by atoms with Gasteiger partial charge in [0, 0.05) is 55.9 Å². The Balaban J connectivity index is 1.22. The monoisotopic (exact) mass is 530 g/mol. The Morgan fingerprint density at radius 3 is 2.74 bits per heavy atom. The van der Waals surface area contributed by atoms with Gasteiger partial charge < -0.3 is 25.0 Å². The maximum Gasteiger partial charge on any atom is 0.257 e. The highest BCUT2D eigenvalue weighted by Crippen LogP contribution is 2.44. The van der Waals surface area contributed by atoms with Crippen molar-refractivity contribution in [1.29, 1.82) is 0 Å². The zero-order valence-corrected chi connectivity index (χ0v) is 22.6. The number of carbonyl (C=O) groups excluding carboxylic acids is 1. The minimum absolute atomic E-state index is 0.0740. The molecule has 4 aliphatic rings. The Bertz CT molecular complexity index is 1480. The minimum atomic E-state index is -0.572. The fourth-order valence-electron chi connectivity index (χ4n) is 6.98. The molecule has 0 aliphatic carbocycles. The van der Waals surface area contributed by atoms with Gasteiger partial charge >= 0.3 is 0 Å². The third kappa shape index (κ3) is 4.16. The predicted molar refractivity (Wildman–Crippen MR) is 147 cm³/mol. The quantitative estimate of drug-likeness (QED) is 0.502. The predicted octanol–water partition coefficient (Wildman–Crippen LogP) is 5.00. The van der Waals surface area contributed by atoms with E-state index in [4.69, 9.17) is 15.2 Å². The summed E-state index contributed by atoms with van der Waals surface area (Å²) >= 11 is 0. The summed E-state index contributed by atoms with van der Waals surface area (Å²) in [5.74, 6) is 0.778. The number of hydrogen-bond donors (Lipinski definition) is 1. The Hall–Kier alpha value is -3.23. The number of nitrogen functional groups attached to an aromatic ring is 1. The molecule has 2 aromatic carbocycles. The molecule has 2 saturated heterocycles. The maximum atomic E-state index is 15.5. The number of halogens is 1. The average molecular weight is 531 g/mol. The molecule has 4 aliphatic heterocycles. The van der Waals surface area contributed by atoms with Gasteiger partial charge in [0.25, 0.3) is 5.91 Å². The van der Waals surface area contributed by atoms with E-state index in [1.165, 1.54) is 11.6 Å². The number of likely N-dealkylation sites (tertiary alicyclic amines) is 2. The van der Waals surface area contributed by atoms with Crippen molar-refractivity contribution in [2.45, 2.75) is 63.9 Å². The molecule has 2 fully saturated rings. The van der Waals surface area contributed by atoms with Gasteiger partial charge in [-0.1, -0.05) is 19.1 Å². The van der Waals surface area contributed by atoms with Crippen molar-refractivity contribution in [1.82, 2.24) is 14.8 Å². The number of aromatic nitrogens is 1. The second-order valence-corrected chi connectivity index (χ2v) is 12.1. The highest BCUT2D eigenvalue weighted by atomic mass is 19.1. The van der Waals surface area contributed by atoms with E-state index in [0.29, 0.717) is 37.0 Å². The molecule has 39 heavy (non-hydrogen) atoms. The molecule has 0 bridgehead atoms. The number of benzene rings is 2. The maximum absolute atomic E-state index is 15.5. The largest absolute Gasteiger partial charge is 0.487 e. The first-order valence-corrected chi connectivity index (χ1v) is 14.1. The number of anilines is 1. The van der Waals surface area contributed by atoms with Gasteiger partial charge in [-0.25, -0.2) is 9.37 Å². The zero-order chi connectivity index (χ0) is 26.9. The van der Waals surface area contributed by atoms with Crippen LogP contribution in [0.25, 0.3) is 10.9 Å². The van der Waals surface area contributed by atoms with Crippen molar-refractivity contribution in [2.75, 3.05) is 32.4 Å². The van der Waals surface area contributed by atoms with Gasteiger partial charge in [0.2, 0.25) is 0 Å². The van der Waals surface area contributed by atoms with E-state index >= 15 is 4.39 Å². The molecule has 3 aromatic rings. The third-order valence-corrected chi connectivity index (χ3v) is 9.34. The number of fused-ring (bicyclic) bond motifs is 4. The molecule has 5 heterocycles. The van der Waals surface area contributed by atoms with Crippen molar-refractivity contribution in [3.05, 3.63) is 64.0 Å². The molecule has 8 heteroatoms. The normalized spacial score (nSPS) is 24.1. The number of piperidine rings is 2. The fourth-order valence-corrected chi connectivity index (χ4v) is 6.98. The molecule has 1 aromatic heterocycles. The van der Waals surface area contributed by atoms with Crippen LogP contribution in [0.1, 0.15) is 71.3 Å². The van der Waals surface area contributed by atoms with E-state index in [1.807, 2.05) is 4.90 Å². The molecule has 1 unspecified atom stereocenters. The lowest BCUT2D eigenvalue weighted by atomic mass is 9.86. The van der Waals surface area contributed by atoms with Gasteiger partial charge in [-0.2, -0.15) is 0 Å². The van der Waals surface area contributed by atoms with Crippen LogP contribution >= 0.6 is 0 Å². The molecule has 1 amide bonds. The van der Waals surface area contributed by atoms with Gasteiger partial charge in [0.05, 0.1) is 30.3 Å². The molecular formula is C31H35FN4O3. The average Bonchev–Trinajstić information content (AvgIpc) is 3.55. The van der Waals surface area contributed by atoms with Crippen LogP contribution in [0.2, 0.25) is 0 Å². The summed E-state index contributed by atoms with van der Waals surface area (Å²) in [4.78, 5) is 22.6. The molecule has 204 valence electrons. The topological polar surface area (TPSA) is 80.9 Å². The first-order chi connectivity index (χ1) is 18.8. The summed E-state index contributed by atoms with van der Waals surface area (Å²) in [6, 6.07) is 9.31. The highest BCUT2D eigenvalue weighted by Gasteiger charge is 2.42. The van der Waals surface area contributed by atoms with E-state index in [0.717, 1.165) is 73.0 Å². The second kappa shape index (κ2) is 9.17. The Morgan fingerprint density at radius 1 is 1.13 bits per heavy atom. The third-order valence-electron chi connectivity index (χ3n) is 9.34. The highest BCUT2D eigenvalue weighted by molar-refractivity contribution is 6.00. The Labute approximate surface area is 228 Å². The number of rotatable bonds is 2. The van der Waals surface area contributed by atoms with Gasteiger partial charge in [0.1, 0.15) is 23.0 Å². The number of nitrogens with two attached hydrogens (primary N) is 1. The van der Waals surface area contributed by atoms with E-state index in [1.54, 1.807) is 6.07 Å². The van der Waals surface area contributed by atoms with Crippen LogP contribution in [0, 0.1) is 11.7 Å². The summed E-state index contributed by atoms with van der Waals surface area (Å²) in [5.41, 5.74) is 10.5. The van der Waals surface area contributed by atoms with E-state index in [9.17, 15) is 4.79 Å². The molecular weight excluding hydrogens is 495 g/mol. The van der Waals surface area contributed by atoms with Gasteiger partial charge in [-0.05, 0) is 54.6 Å². The SMILES string of the molecule is C[C@H]1CCC(c2ccc3c(c2)OC2(CCN(C)CC2)C3)N(C(=O)c2cc3c4c(c(N)nc3cc2F)COC4)C1. The molecule has 0 radical (unpaired) electrons. The van der Waals surface area contributed by atoms with Crippen molar-refractivity contribution in [3.8, 4) is 5.75 Å². The van der Waals surface area contributed by atoms with Crippen LogP contribution in [0.5, 0.6) is 5.75 Å². The molecule has 0 saturated carbocycles. The van der Waals surface area contributed by atoms with Gasteiger partial charge in [0.15, 0.2) is 0 Å². The number of amides is 1. The van der Waals surface area contributed by atoms with Crippen molar-refractivity contribution in [2.24, 2.45) is 5.92 Å².